The third kappa shape index (κ3) is 3.48. The maximum Gasteiger partial charge on any atom is 0.284 e. The Labute approximate surface area is 154 Å². The van der Waals surface area contributed by atoms with Crippen molar-refractivity contribution >= 4 is 5.91 Å². The summed E-state index contributed by atoms with van der Waals surface area (Å²) in [6, 6.07) is 5.47. The monoisotopic (exact) mass is 374 g/mol. The summed E-state index contributed by atoms with van der Waals surface area (Å²) in [5.41, 5.74) is 14.0. The number of halogens is 2. The molecule has 0 aliphatic carbocycles. The van der Waals surface area contributed by atoms with Crippen molar-refractivity contribution in [2.75, 3.05) is 6.54 Å². The molecule has 2 aromatic heterocycles. The summed E-state index contributed by atoms with van der Waals surface area (Å²) in [6.07, 6.45) is 1.92. The van der Waals surface area contributed by atoms with E-state index in [2.05, 4.69) is 5.10 Å². The fraction of sp³-hybridized carbons (Fsp3) is 0.263. The molecule has 6 nitrogen and oxygen atoms in total. The van der Waals surface area contributed by atoms with Crippen LogP contribution in [0.3, 0.4) is 0 Å². The molecule has 1 amide bonds. The van der Waals surface area contributed by atoms with Gasteiger partial charge in [-0.25, -0.2) is 8.78 Å². The van der Waals surface area contributed by atoms with Crippen molar-refractivity contribution in [2.45, 2.75) is 19.3 Å². The summed E-state index contributed by atoms with van der Waals surface area (Å²) < 4.78 is 34.1. The summed E-state index contributed by atoms with van der Waals surface area (Å²) in [5.74, 6) is -2.44. The molecule has 0 saturated heterocycles. The molecule has 1 aromatic carbocycles. The summed E-state index contributed by atoms with van der Waals surface area (Å²) in [6.45, 7) is 1.88. The van der Waals surface area contributed by atoms with Crippen LogP contribution < -0.4 is 11.5 Å². The Kier molecular flexibility index (Phi) is 5.09. The van der Waals surface area contributed by atoms with Crippen LogP contribution in [0.4, 0.5) is 8.78 Å². The Balaban J connectivity index is 2.13. The maximum absolute atomic E-state index is 13.6. The minimum absolute atomic E-state index is 0.0155. The highest BCUT2D eigenvalue weighted by Gasteiger charge is 2.29. The van der Waals surface area contributed by atoms with Crippen LogP contribution in [-0.4, -0.2) is 22.2 Å². The first-order chi connectivity index (χ1) is 12.8. The molecule has 0 bridgehead atoms. The minimum atomic E-state index is -0.936. The van der Waals surface area contributed by atoms with Crippen molar-refractivity contribution < 1.29 is 18.0 Å². The van der Waals surface area contributed by atoms with Crippen LogP contribution in [0.2, 0.25) is 0 Å². The van der Waals surface area contributed by atoms with Gasteiger partial charge in [-0.15, -0.1) is 0 Å². The van der Waals surface area contributed by atoms with Gasteiger partial charge in [0.15, 0.2) is 17.4 Å². The Morgan fingerprint density at radius 1 is 1.30 bits per heavy atom. The van der Waals surface area contributed by atoms with E-state index in [0.717, 1.165) is 17.8 Å². The standard InChI is InChI=1S/C19H20F2N4O2/c1-10-16(15-5-6-24-25(15)2)17(18(27-10)19(23)26)12(9-22)7-11-3-4-13(20)14(21)8-11/h3-6,8,12H,7,9,22H2,1-2H3,(H2,23,26)/t12-/m1/s1. The van der Waals surface area contributed by atoms with E-state index < -0.39 is 17.5 Å². The molecule has 8 heteroatoms. The highest BCUT2D eigenvalue weighted by molar-refractivity contribution is 5.94. The number of rotatable bonds is 6. The molecule has 0 unspecified atom stereocenters. The molecule has 3 rings (SSSR count). The van der Waals surface area contributed by atoms with Gasteiger partial charge in [-0.05, 0) is 43.7 Å². The smallest absolute Gasteiger partial charge is 0.284 e. The van der Waals surface area contributed by atoms with Crippen LogP contribution in [0.15, 0.2) is 34.9 Å². The highest BCUT2D eigenvalue weighted by Crippen LogP contribution is 2.38. The molecule has 0 saturated carbocycles. The van der Waals surface area contributed by atoms with Crippen LogP contribution >= 0.6 is 0 Å². The number of primary amides is 1. The zero-order valence-corrected chi connectivity index (χ0v) is 15.0. The molecule has 0 spiro atoms. The quantitative estimate of drug-likeness (QED) is 0.693. The van der Waals surface area contributed by atoms with E-state index in [1.54, 1.807) is 30.9 Å². The third-order valence-corrected chi connectivity index (χ3v) is 4.58. The predicted molar refractivity (Wildman–Crippen MR) is 96.0 cm³/mol. The second-order valence-electron chi connectivity index (χ2n) is 6.37. The summed E-state index contributed by atoms with van der Waals surface area (Å²) in [7, 11) is 1.77. The van der Waals surface area contributed by atoms with Crippen molar-refractivity contribution in [2.24, 2.45) is 18.5 Å². The van der Waals surface area contributed by atoms with Gasteiger partial charge in [0.25, 0.3) is 5.91 Å². The lowest BCUT2D eigenvalue weighted by Gasteiger charge is -2.17. The second-order valence-corrected chi connectivity index (χ2v) is 6.37. The summed E-state index contributed by atoms with van der Waals surface area (Å²) >= 11 is 0. The van der Waals surface area contributed by atoms with E-state index in [4.69, 9.17) is 15.9 Å². The number of carbonyl (C=O) groups is 1. The van der Waals surface area contributed by atoms with E-state index in [1.165, 1.54) is 6.07 Å². The van der Waals surface area contributed by atoms with Gasteiger partial charge in [-0.2, -0.15) is 5.10 Å². The van der Waals surface area contributed by atoms with E-state index in [9.17, 15) is 13.6 Å². The summed E-state index contributed by atoms with van der Waals surface area (Å²) in [5, 5.41) is 4.16. The number of hydrogen-bond donors (Lipinski definition) is 2. The van der Waals surface area contributed by atoms with Gasteiger partial charge in [0.05, 0.1) is 5.69 Å². The minimum Gasteiger partial charge on any atom is -0.455 e. The lowest BCUT2D eigenvalue weighted by Crippen LogP contribution is -2.20. The first-order valence-electron chi connectivity index (χ1n) is 8.39. The van der Waals surface area contributed by atoms with E-state index in [1.807, 2.05) is 0 Å². The molecule has 3 aromatic rings. The lowest BCUT2D eigenvalue weighted by atomic mass is 9.87. The molecule has 1 atom stereocenters. The number of benzene rings is 1. The zero-order valence-electron chi connectivity index (χ0n) is 15.0. The number of furan rings is 1. The molecule has 2 heterocycles. The molecule has 142 valence electrons. The SMILES string of the molecule is Cc1oc(C(N)=O)c([C@@H](CN)Cc2ccc(F)c(F)c2)c1-c1ccnn1C. The average molecular weight is 374 g/mol. The van der Waals surface area contributed by atoms with Gasteiger partial charge in [0.2, 0.25) is 0 Å². The van der Waals surface area contributed by atoms with Crippen molar-refractivity contribution in [3.8, 4) is 11.3 Å². The average Bonchev–Trinajstić information content (AvgIpc) is 3.18. The number of aryl methyl sites for hydroxylation is 2. The Hall–Kier alpha value is -3.00. The molecule has 27 heavy (non-hydrogen) atoms. The van der Waals surface area contributed by atoms with Gasteiger partial charge in [-0.3, -0.25) is 9.48 Å². The second kappa shape index (κ2) is 7.32. The van der Waals surface area contributed by atoms with Crippen LogP contribution in [0.25, 0.3) is 11.3 Å². The number of carbonyl (C=O) groups excluding carboxylic acids is 1. The third-order valence-electron chi connectivity index (χ3n) is 4.58. The fourth-order valence-corrected chi connectivity index (χ4v) is 3.33. The van der Waals surface area contributed by atoms with Crippen molar-refractivity contribution in [1.29, 1.82) is 0 Å². The number of nitrogens with two attached hydrogens (primary N) is 2. The Bertz CT molecular complexity index is 994. The van der Waals surface area contributed by atoms with Crippen LogP contribution in [0.1, 0.15) is 33.4 Å². The molecule has 0 aliphatic rings. The van der Waals surface area contributed by atoms with E-state index >= 15 is 0 Å². The number of amides is 1. The lowest BCUT2D eigenvalue weighted by molar-refractivity contribution is 0.0970. The van der Waals surface area contributed by atoms with E-state index in [0.29, 0.717) is 22.5 Å². The Morgan fingerprint density at radius 2 is 2.04 bits per heavy atom. The molecular weight excluding hydrogens is 354 g/mol. The zero-order chi connectivity index (χ0) is 19.7. The molecule has 4 N–H and O–H groups in total. The van der Waals surface area contributed by atoms with Crippen molar-refractivity contribution in [3.63, 3.8) is 0 Å². The molecule has 0 aliphatic heterocycles. The van der Waals surface area contributed by atoms with Crippen LogP contribution in [0.5, 0.6) is 0 Å². The van der Waals surface area contributed by atoms with Crippen molar-refractivity contribution in [1.82, 2.24) is 9.78 Å². The number of nitrogens with zero attached hydrogens (tertiary/aromatic N) is 2. The number of hydrogen-bond acceptors (Lipinski definition) is 4. The molecular formula is C19H20F2N4O2. The molecule has 0 radical (unpaired) electrons. The van der Waals surface area contributed by atoms with Crippen LogP contribution in [0, 0.1) is 18.6 Å². The first-order valence-corrected chi connectivity index (χ1v) is 8.39. The maximum atomic E-state index is 13.6. The highest BCUT2D eigenvalue weighted by atomic mass is 19.2. The number of aromatic nitrogens is 2. The largest absolute Gasteiger partial charge is 0.455 e. The predicted octanol–water partition coefficient (Wildman–Crippen LogP) is 2.65. The first kappa shape index (κ1) is 18.8. The topological polar surface area (TPSA) is 100 Å². The van der Waals surface area contributed by atoms with Gasteiger partial charge < -0.3 is 15.9 Å². The summed E-state index contributed by atoms with van der Waals surface area (Å²) in [4.78, 5) is 12.0. The van der Waals surface area contributed by atoms with Gasteiger partial charge in [0, 0.05) is 30.3 Å². The Morgan fingerprint density at radius 3 is 2.59 bits per heavy atom. The van der Waals surface area contributed by atoms with E-state index in [-0.39, 0.29) is 24.6 Å². The fourth-order valence-electron chi connectivity index (χ4n) is 3.33. The molecule has 0 fully saturated rings. The van der Waals surface area contributed by atoms with Gasteiger partial charge in [-0.1, -0.05) is 6.07 Å². The van der Waals surface area contributed by atoms with Gasteiger partial charge >= 0.3 is 0 Å². The van der Waals surface area contributed by atoms with Crippen LogP contribution in [-0.2, 0) is 13.5 Å². The van der Waals surface area contributed by atoms with Gasteiger partial charge in [0.1, 0.15) is 5.76 Å². The normalized spacial score (nSPS) is 12.3. The van der Waals surface area contributed by atoms with Crippen molar-refractivity contribution in [3.05, 3.63) is 64.7 Å².